The Kier molecular flexibility index (Phi) is 9.88. The van der Waals surface area contributed by atoms with Gasteiger partial charge < -0.3 is 19.7 Å². The van der Waals surface area contributed by atoms with Gasteiger partial charge in [0.25, 0.3) is 0 Å². The molecular weight excluding hydrogens is 514 g/mol. The Bertz CT molecular complexity index is 686. The molecule has 1 aromatic heterocycles. The first-order valence-corrected chi connectivity index (χ1v) is 9.99. The molecule has 2 aliphatic heterocycles. The number of nitrogens with one attached hydrogen (secondary N) is 1. The summed E-state index contributed by atoms with van der Waals surface area (Å²) in [5.41, 5.74) is -0.871. The first-order valence-electron chi connectivity index (χ1n) is 9.99. The zero-order chi connectivity index (χ0) is 20.7. The summed E-state index contributed by atoms with van der Waals surface area (Å²) in [7, 11) is 0. The molecule has 0 radical (unpaired) electrons. The van der Waals surface area contributed by atoms with Gasteiger partial charge in [0.05, 0.1) is 19.8 Å². The second-order valence-corrected chi connectivity index (χ2v) is 6.97. The fraction of sp³-hybridized carbons (Fsp3) is 0.684. The van der Waals surface area contributed by atoms with Gasteiger partial charge in [-0.25, -0.2) is 9.98 Å². The van der Waals surface area contributed by atoms with E-state index in [1.165, 1.54) is 12.3 Å². The fourth-order valence-corrected chi connectivity index (χ4v) is 3.62. The van der Waals surface area contributed by atoms with Crippen LogP contribution >= 0.6 is 24.0 Å². The number of alkyl halides is 3. The first kappa shape index (κ1) is 24.9. The topological polar surface area (TPSA) is 62.2 Å². The molecule has 0 spiro atoms. The molecule has 2 fully saturated rings. The molecule has 0 aliphatic carbocycles. The predicted molar refractivity (Wildman–Crippen MR) is 118 cm³/mol. The Labute approximate surface area is 192 Å². The van der Waals surface area contributed by atoms with E-state index < -0.39 is 17.6 Å². The highest BCUT2D eigenvalue weighted by atomic mass is 127. The highest BCUT2D eigenvalue weighted by molar-refractivity contribution is 14.0. The Morgan fingerprint density at radius 3 is 2.80 bits per heavy atom. The second kappa shape index (κ2) is 11.9. The molecule has 7 nitrogen and oxygen atoms in total. The molecule has 3 rings (SSSR count). The van der Waals surface area contributed by atoms with Crippen molar-refractivity contribution >= 4 is 29.9 Å². The van der Waals surface area contributed by atoms with Crippen LogP contribution < -0.4 is 10.1 Å². The van der Waals surface area contributed by atoms with Crippen molar-refractivity contribution in [2.24, 2.45) is 4.99 Å². The van der Waals surface area contributed by atoms with Crippen LogP contribution in [0.3, 0.4) is 0 Å². The maximum Gasteiger partial charge on any atom is 0.421 e. The number of halogens is 4. The third-order valence-electron chi connectivity index (χ3n) is 5.03. The van der Waals surface area contributed by atoms with E-state index in [9.17, 15) is 13.2 Å². The van der Waals surface area contributed by atoms with Gasteiger partial charge in [-0.05, 0) is 25.5 Å². The Morgan fingerprint density at radius 1 is 1.33 bits per heavy atom. The molecule has 0 saturated carbocycles. The molecular formula is C19H29F3IN5O2. The molecule has 0 bridgehead atoms. The maximum absolute atomic E-state index is 13.0. The number of guanidine groups is 1. The van der Waals surface area contributed by atoms with Crippen LogP contribution in [0, 0.1) is 0 Å². The number of rotatable bonds is 6. The zero-order valence-electron chi connectivity index (χ0n) is 17.0. The number of aromatic nitrogens is 1. The smallest absolute Gasteiger partial charge is 0.421 e. The van der Waals surface area contributed by atoms with Gasteiger partial charge in [-0.1, -0.05) is 0 Å². The van der Waals surface area contributed by atoms with Gasteiger partial charge >= 0.3 is 6.18 Å². The van der Waals surface area contributed by atoms with E-state index in [1.54, 1.807) is 0 Å². The summed E-state index contributed by atoms with van der Waals surface area (Å²) in [6.07, 6.45) is -2.15. The van der Waals surface area contributed by atoms with Crippen molar-refractivity contribution in [1.29, 1.82) is 0 Å². The third kappa shape index (κ3) is 6.84. The van der Waals surface area contributed by atoms with E-state index >= 15 is 0 Å². The summed E-state index contributed by atoms with van der Waals surface area (Å²) in [6, 6.07) is 2.68. The number of morpholine rings is 1. The van der Waals surface area contributed by atoms with Crippen LogP contribution in [0.1, 0.15) is 18.9 Å². The van der Waals surface area contributed by atoms with Crippen LogP contribution in [-0.2, 0) is 10.9 Å². The summed E-state index contributed by atoms with van der Waals surface area (Å²) in [5, 5.41) is 3.26. The minimum atomic E-state index is -4.49. The molecule has 2 saturated heterocycles. The molecule has 1 atom stereocenters. The van der Waals surface area contributed by atoms with Crippen LogP contribution in [0.25, 0.3) is 0 Å². The molecule has 0 aromatic carbocycles. The van der Waals surface area contributed by atoms with Crippen LogP contribution in [-0.4, -0.2) is 85.9 Å². The quantitative estimate of drug-likeness (QED) is 0.258. The lowest BCUT2D eigenvalue weighted by molar-refractivity contribution is -0.139. The fourth-order valence-electron chi connectivity index (χ4n) is 3.62. The van der Waals surface area contributed by atoms with Gasteiger partial charge in [-0.3, -0.25) is 4.90 Å². The van der Waals surface area contributed by atoms with Crippen molar-refractivity contribution in [1.82, 2.24) is 20.1 Å². The van der Waals surface area contributed by atoms with Crippen molar-refractivity contribution in [2.75, 3.05) is 59.1 Å². The largest absolute Gasteiger partial charge is 0.475 e. The lowest BCUT2D eigenvalue weighted by Crippen LogP contribution is -2.46. The van der Waals surface area contributed by atoms with Crippen molar-refractivity contribution in [3.05, 3.63) is 23.9 Å². The van der Waals surface area contributed by atoms with Crippen molar-refractivity contribution in [2.45, 2.75) is 25.6 Å². The highest BCUT2D eigenvalue weighted by Crippen LogP contribution is 2.34. The van der Waals surface area contributed by atoms with E-state index in [0.29, 0.717) is 6.04 Å². The lowest BCUT2D eigenvalue weighted by atomic mass is 10.2. The minimum Gasteiger partial charge on any atom is -0.475 e. The highest BCUT2D eigenvalue weighted by Gasteiger charge is 2.35. The maximum atomic E-state index is 13.0. The Morgan fingerprint density at radius 2 is 2.10 bits per heavy atom. The number of ether oxygens (including phenoxy) is 2. The number of hydrogen-bond donors (Lipinski definition) is 1. The Hall–Kier alpha value is -1.34. The van der Waals surface area contributed by atoms with Gasteiger partial charge in [0.2, 0.25) is 5.88 Å². The number of nitrogens with zero attached hydrogens (tertiary/aromatic N) is 4. The van der Waals surface area contributed by atoms with Crippen molar-refractivity contribution in [3.8, 4) is 5.88 Å². The van der Waals surface area contributed by atoms with E-state index in [2.05, 4.69) is 25.1 Å². The Balaban J connectivity index is 0.00000320. The summed E-state index contributed by atoms with van der Waals surface area (Å²) in [5.74, 6) is 0.359. The predicted octanol–water partition coefficient (Wildman–Crippen LogP) is 2.47. The van der Waals surface area contributed by atoms with E-state index in [-0.39, 0.29) is 37.1 Å². The lowest BCUT2D eigenvalue weighted by Gasteiger charge is -2.32. The molecule has 2 aliphatic rings. The molecule has 11 heteroatoms. The zero-order valence-corrected chi connectivity index (χ0v) is 19.4. The van der Waals surface area contributed by atoms with E-state index in [4.69, 9.17) is 9.47 Å². The van der Waals surface area contributed by atoms with Crippen LogP contribution in [0.5, 0.6) is 5.88 Å². The van der Waals surface area contributed by atoms with Crippen molar-refractivity contribution in [3.63, 3.8) is 0 Å². The number of hydrogen-bond acceptors (Lipinski definition) is 5. The second-order valence-electron chi connectivity index (χ2n) is 6.97. The number of aliphatic imine (C=N–C) groups is 1. The van der Waals surface area contributed by atoms with Crippen molar-refractivity contribution < 1.29 is 22.6 Å². The molecule has 1 N–H and O–H groups in total. The molecule has 3 heterocycles. The average Bonchev–Trinajstić information content (AvgIpc) is 3.21. The molecule has 1 unspecified atom stereocenters. The van der Waals surface area contributed by atoms with E-state index in [1.807, 2.05) is 6.92 Å². The normalized spacial score (nSPS) is 20.7. The molecule has 170 valence electrons. The molecule has 0 amide bonds. The van der Waals surface area contributed by atoms with Gasteiger partial charge in [0.1, 0.15) is 12.2 Å². The van der Waals surface area contributed by atoms with Crippen LogP contribution in [0.2, 0.25) is 0 Å². The standard InChI is InChI=1S/C19H28F3N5O2.HI/c1-2-23-18(27-8-5-15(14-27)26-9-12-28-13-10-26)25-7-11-29-17-16(19(20,21)22)4-3-6-24-17;/h3-4,6,15H,2,5,7-14H2,1H3,(H,23,25);1H. The van der Waals surface area contributed by atoms with Gasteiger partial charge in [-0.2, -0.15) is 13.2 Å². The van der Waals surface area contributed by atoms with Gasteiger partial charge in [0, 0.05) is 45.0 Å². The number of likely N-dealkylation sites (tertiary alicyclic amines) is 1. The molecule has 1 aromatic rings. The van der Waals surface area contributed by atoms with Gasteiger partial charge in [-0.15, -0.1) is 24.0 Å². The summed E-state index contributed by atoms with van der Waals surface area (Å²) in [4.78, 5) is 12.9. The minimum absolute atomic E-state index is 0. The monoisotopic (exact) mass is 543 g/mol. The van der Waals surface area contributed by atoms with Gasteiger partial charge in [0.15, 0.2) is 5.96 Å². The average molecular weight is 543 g/mol. The summed E-state index contributed by atoms with van der Waals surface area (Å²) >= 11 is 0. The summed E-state index contributed by atoms with van der Waals surface area (Å²) in [6.45, 7) is 8.20. The molecule has 30 heavy (non-hydrogen) atoms. The third-order valence-corrected chi connectivity index (χ3v) is 5.03. The van der Waals surface area contributed by atoms with Crippen LogP contribution in [0.4, 0.5) is 13.2 Å². The first-order chi connectivity index (χ1) is 14.0. The SMILES string of the molecule is CCNC(=NCCOc1ncccc1C(F)(F)F)N1CCC(N2CCOCC2)C1.I. The number of pyridine rings is 1. The van der Waals surface area contributed by atoms with Crippen LogP contribution in [0.15, 0.2) is 23.3 Å². The van der Waals surface area contributed by atoms with E-state index in [0.717, 1.165) is 64.4 Å². The summed E-state index contributed by atoms with van der Waals surface area (Å²) < 4.78 is 49.7.